The minimum atomic E-state index is -0.981. The molecular weight excluding hydrogens is 378 g/mol. The largest absolute Gasteiger partial charge is 4.00 e. The maximum Gasteiger partial charge on any atom is 4.00 e. The average Bonchev–Trinajstić information content (AvgIpc) is 2.91. The van der Waals surface area contributed by atoms with Crippen LogP contribution in [0.25, 0.3) is 0 Å². The fourth-order valence-corrected chi connectivity index (χ4v) is 4.13. The minimum Gasteiger partial charge on any atom is -1.00 e. The molecule has 0 N–H and O–H groups in total. The summed E-state index contributed by atoms with van der Waals surface area (Å²) >= 11 is 0. The van der Waals surface area contributed by atoms with Crippen molar-refractivity contribution in [1.82, 2.24) is 0 Å². The Labute approximate surface area is 149 Å². The monoisotopic (exact) mass is 402 g/mol. The van der Waals surface area contributed by atoms with Crippen molar-refractivity contribution in [2.75, 3.05) is 0 Å². The first-order chi connectivity index (χ1) is 8.21. The summed E-state index contributed by atoms with van der Waals surface area (Å²) in [6, 6.07) is 17.4. The summed E-state index contributed by atoms with van der Waals surface area (Å²) < 4.78 is 0. The van der Waals surface area contributed by atoms with E-state index >= 15 is 0 Å². The van der Waals surface area contributed by atoms with Gasteiger partial charge in [0.25, 0.3) is 0 Å². The van der Waals surface area contributed by atoms with Gasteiger partial charge in [0.15, 0.2) is 0 Å². The second kappa shape index (κ2) is 10.6. The van der Waals surface area contributed by atoms with Gasteiger partial charge in [-0.2, -0.15) is 34.6 Å². The standard InChI is InChI=1S/2C8H13Si.2FH.Zr/c2*1-9(2,3)8-6-4-5-7-8;;;/h2*4-7H,1-3H3;2*1H;/q2*-1;;;+4/p-2. The molecule has 0 aliphatic rings. The topological polar surface area (TPSA) is 0 Å². The second-order valence-electron chi connectivity index (χ2n) is 6.85. The van der Waals surface area contributed by atoms with Gasteiger partial charge in [-0.15, -0.1) is 0 Å². The predicted octanol–water partition coefficient (Wildman–Crippen LogP) is -2.09. The molecule has 0 aromatic heterocycles. The zero-order valence-electron chi connectivity index (χ0n) is 13.9. The van der Waals surface area contributed by atoms with Gasteiger partial charge in [0.1, 0.15) is 0 Å². The van der Waals surface area contributed by atoms with Gasteiger partial charge in [0.2, 0.25) is 0 Å². The number of hydrogen-bond acceptors (Lipinski definition) is 0. The van der Waals surface area contributed by atoms with Gasteiger partial charge in [0.05, 0.1) is 0 Å². The van der Waals surface area contributed by atoms with E-state index in [0.29, 0.717) is 0 Å². The van der Waals surface area contributed by atoms with Gasteiger partial charge in [-0.05, 0) is 0 Å². The first-order valence-electron chi connectivity index (χ1n) is 6.65. The fourth-order valence-electron chi connectivity index (χ4n) is 1.75. The predicted molar refractivity (Wildman–Crippen MR) is 90.0 cm³/mol. The first kappa shape index (κ1) is 25.8. The maximum atomic E-state index is 2.36. The number of halogens is 2. The Balaban J connectivity index is -0.000000270. The van der Waals surface area contributed by atoms with E-state index in [0.717, 1.165) is 0 Å². The van der Waals surface area contributed by atoms with E-state index in [1.807, 2.05) is 0 Å². The van der Waals surface area contributed by atoms with Crippen molar-refractivity contribution in [2.24, 2.45) is 0 Å². The maximum absolute atomic E-state index is 2.36. The van der Waals surface area contributed by atoms with E-state index in [1.54, 1.807) is 10.4 Å². The SMILES string of the molecule is C[Si](C)(C)[c-]1cccc1.C[Si](C)(C)[c-]1cccc1.[F-].[F-].[Zr+4]. The van der Waals surface area contributed by atoms with Crippen molar-refractivity contribution in [1.29, 1.82) is 0 Å². The van der Waals surface area contributed by atoms with Crippen LogP contribution in [0, 0.1) is 0 Å². The van der Waals surface area contributed by atoms with Crippen LogP contribution in [0.2, 0.25) is 39.3 Å². The molecule has 0 saturated heterocycles. The summed E-state index contributed by atoms with van der Waals surface area (Å²) in [5.41, 5.74) is 0. The molecule has 2 aromatic carbocycles. The van der Waals surface area contributed by atoms with Crippen molar-refractivity contribution < 1.29 is 35.6 Å². The molecule has 0 atom stereocenters. The van der Waals surface area contributed by atoms with Gasteiger partial charge in [-0.3, -0.25) is 0 Å². The number of hydrogen-bond donors (Lipinski definition) is 0. The molecule has 2 aromatic rings. The molecule has 0 amide bonds. The Hall–Kier alpha value is -0.123. The molecule has 0 spiro atoms. The second-order valence-corrected chi connectivity index (χ2v) is 17.0. The first-order valence-corrected chi connectivity index (χ1v) is 13.7. The molecule has 2 rings (SSSR count). The third-order valence-corrected chi connectivity index (χ3v) is 7.19. The van der Waals surface area contributed by atoms with Crippen LogP contribution in [-0.2, 0) is 26.2 Å². The smallest absolute Gasteiger partial charge is 1.00 e. The molecule has 0 fully saturated rings. The molecule has 0 heterocycles. The molecule has 0 saturated carbocycles. The van der Waals surface area contributed by atoms with Crippen LogP contribution in [0.1, 0.15) is 0 Å². The molecule has 5 heteroatoms. The summed E-state index contributed by atoms with van der Waals surface area (Å²) in [5.74, 6) is 0. The van der Waals surface area contributed by atoms with Crippen molar-refractivity contribution in [3.05, 3.63) is 48.5 Å². The number of rotatable bonds is 2. The van der Waals surface area contributed by atoms with Gasteiger partial charge < -0.3 is 9.41 Å². The van der Waals surface area contributed by atoms with E-state index < -0.39 is 16.1 Å². The Morgan fingerprint density at radius 2 is 0.714 bits per heavy atom. The third kappa shape index (κ3) is 9.49. The molecule has 0 nitrogen and oxygen atoms in total. The van der Waals surface area contributed by atoms with Crippen molar-refractivity contribution >= 4 is 26.5 Å². The van der Waals surface area contributed by atoms with Crippen molar-refractivity contribution in [3.63, 3.8) is 0 Å². The quantitative estimate of drug-likeness (QED) is 0.398. The summed E-state index contributed by atoms with van der Waals surface area (Å²) in [5, 5.41) is 3.12. The van der Waals surface area contributed by atoms with Crippen molar-refractivity contribution in [3.8, 4) is 0 Å². The Morgan fingerprint density at radius 3 is 0.810 bits per heavy atom. The minimum absolute atomic E-state index is 0. The third-order valence-electron chi connectivity index (χ3n) is 3.06. The molecule has 0 aliphatic heterocycles. The summed E-state index contributed by atoms with van der Waals surface area (Å²) in [4.78, 5) is 0. The van der Waals surface area contributed by atoms with E-state index in [2.05, 4.69) is 87.8 Å². The normalized spacial score (nSPS) is 10.2. The molecular formula is C16H26F2Si2Zr. The van der Waals surface area contributed by atoms with E-state index in [9.17, 15) is 0 Å². The van der Waals surface area contributed by atoms with Gasteiger partial charge in [-0.1, -0.05) is 39.3 Å². The fraction of sp³-hybridized carbons (Fsp3) is 0.375. The Kier molecular flexibility index (Phi) is 13.0. The van der Waals surface area contributed by atoms with Crippen LogP contribution in [0.15, 0.2) is 48.5 Å². The molecule has 116 valence electrons. The van der Waals surface area contributed by atoms with Crippen LogP contribution in [-0.4, -0.2) is 16.1 Å². The summed E-state index contributed by atoms with van der Waals surface area (Å²) in [6.45, 7) is 14.2. The van der Waals surface area contributed by atoms with Crippen LogP contribution < -0.4 is 19.8 Å². The van der Waals surface area contributed by atoms with E-state index in [1.165, 1.54) is 0 Å². The molecule has 0 radical (unpaired) electrons. The van der Waals surface area contributed by atoms with Crippen LogP contribution in [0.5, 0.6) is 0 Å². The Bertz CT molecular complexity index is 393. The van der Waals surface area contributed by atoms with Crippen molar-refractivity contribution in [2.45, 2.75) is 39.3 Å². The van der Waals surface area contributed by atoms with Crippen LogP contribution in [0.3, 0.4) is 0 Å². The zero-order chi connectivity index (χ0) is 13.8. The molecule has 0 aliphatic carbocycles. The van der Waals surface area contributed by atoms with Gasteiger partial charge in [-0.25, -0.2) is 24.3 Å². The van der Waals surface area contributed by atoms with Crippen LogP contribution >= 0.6 is 0 Å². The van der Waals surface area contributed by atoms with Crippen LogP contribution in [0.4, 0.5) is 0 Å². The molecule has 21 heavy (non-hydrogen) atoms. The average molecular weight is 404 g/mol. The molecule has 0 unspecified atom stereocenters. The summed E-state index contributed by atoms with van der Waals surface area (Å²) in [7, 11) is -1.96. The van der Waals surface area contributed by atoms with Gasteiger partial charge >= 0.3 is 26.2 Å². The van der Waals surface area contributed by atoms with E-state index in [4.69, 9.17) is 0 Å². The molecule has 0 bridgehead atoms. The Morgan fingerprint density at radius 1 is 0.524 bits per heavy atom. The van der Waals surface area contributed by atoms with Gasteiger partial charge in [0, 0.05) is 16.1 Å². The zero-order valence-corrected chi connectivity index (χ0v) is 18.3. The summed E-state index contributed by atoms with van der Waals surface area (Å²) in [6.07, 6.45) is 0. The van der Waals surface area contributed by atoms with E-state index in [-0.39, 0.29) is 35.6 Å².